The van der Waals surface area contributed by atoms with E-state index in [0.717, 1.165) is 29.7 Å². The molecule has 0 saturated heterocycles. The van der Waals surface area contributed by atoms with Gasteiger partial charge in [0, 0.05) is 25.8 Å². The van der Waals surface area contributed by atoms with Crippen LogP contribution in [-0.4, -0.2) is 40.6 Å². The highest BCUT2D eigenvalue weighted by atomic mass is 16.5. The molecule has 0 N–H and O–H groups in total. The summed E-state index contributed by atoms with van der Waals surface area (Å²) in [5.41, 5.74) is 5.34. The molecule has 0 aliphatic carbocycles. The number of rotatable bonds is 13. The predicted octanol–water partition coefficient (Wildman–Crippen LogP) is 7.37. The Morgan fingerprint density at radius 3 is 2.41 bits per heavy atom. The van der Waals surface area contributed by atoms with Crippen molar-refractivity contribution in [1.29, 1.82) is 0 Å². The highest BCUT2D eigenvalue weighted by Crippen LogP contribution is 2.26. The van der Waals surface area contributed by atoms with Crippen LogP contribution < -0.4 is 5.56 Å². The summed E-state index contributed by atoms with van der Waals surface area (Å²) < 4.78 is 7.00. The maximum absolute atomic E-state index is 14.0. The summed E-state index contributed by atoms with van der Waals surface area (Å²) in [7, 11) is 1.66. The smallest absolute Gasteiger partial charge is 0.266 e. The number of nitrogens with zero attached hydrogens (tertiary/aromatic N) is 3. The van der Waals surface area contributed by atoms with Crippen LogP contribution >= 0.6 is 0 Å². The zero-order valence-corrected chi connectivity index (χ0v) is 25.2. The van der Waals surface area contributed by atoms with Gasteiger partial charge in [0.25, 0.3) is 11.5 Å². The fourth-order valence-corrected chi connectivity index (χ4v) is 5.27. The van der Waals surface area contributed by atoms with Gasteiger partial charge >= 0.3 is 0 Å². The largest absolute Gasteiger partial charge is 0.385 e. The molecule has 0 aliphatic rings. The lowest BCUT2D eigenvalue weighted by Gasteiger charge is -2.31. The van der Waals surface area contributed by atoms with Crippen molar-refractivity contribution in [3.8, 4) is 5.69 Å². The molecule has 6 heteroatoms. The molecule has 216 valence electrons. The van der Waals surface area contributed by atoms with E-state index in [1.165, 1.54) is 24.8 Å². The predicted molar refractivity (Wildman–Crippen MR) is 167 cm³/mol. The number of ether oxygens (including phenoxy) is 1. The molecule has 1 amide bonds. The second-order valence-electron chi connectivity index (χ2n) is 10.9. The van der Waals surface area contributed by atoms with Gasteiger partial charge in [0.05, 0.1) is 22.6 Å². The number of hydrogen-bond donors (Lipinski definition) is 0. The Balaban J connectivity index is 1.75. The van der Waals surface area contributed by atoms with E-state index in [1.54, 1.807) is 11.7 Å². The van der Waals surface area contributed by atoms with Crippen molar-refractivity contribution >= 4 is 16.8 Å². The van der Waals surface area contributed by atoms with Crippen LogP contribution in [0.25, 0.3) is 16.6 Å². The Bertz CT molecular complexity index is 1520. The number of unbranched alkanes of at least 4 members (excludes halogenated alkanes) is 3. The molecule has 0 bridgehead atoms. The number of para-hydroxylation sites is 1. The van der Waals surface area contributed by atoms with Gasteiger partial charge in [0.15, 0.2) is 0 Å². The molecule has 0 radical (unpaired) electrons. The number of amides is 1. The number of aryl methyl sites for hydroxylation is 3. The Morgan fingerprint density at radius 2 is 1.71 bits per heavy atom. The fourth-order valence-electron chi connectivity index (χ4n) is 5.27. The average Bonchev–Trinajstić information content (AvgIpc) is 2.99. The van der Waals surface area contributed by atoms with E-state index >= 15 is 0 Å². The van der Waals surface area contributed by atoms with Crippen molar-refractivity contribution in [1.82, 2.24) is 14.5 Å². The maximum atomic E-state index is 14.0. The van der Waals surface area contributed by atoms with Crippen molar-refractivity contribution < 1.29 is 9.53 Å². The normalized spacial score (nSPS) is 12.0. The van der Waals surface area contributed by atoms with Crippen molar-refractivity contribution in [2.75, 3.05) is 20.3 Å². The Hall–Kier alpha value is -3.77. The van der Waals surface area contributed by atoms with E-state index in [4.69, 9.17) is 9.72 Å². The van der Waals surface area contributed by atoms with E-state index in [9.17, 15) is 9.59 Å². The van der Waals surface area contributed by atoms with E-state index in [2.05, 4.69) is 26.0 Å². The van der Waals surface area contributed by atoms with Crippen LogP contribution in [0.5, 0.6) is 0 Å². The molecule has 6 nitrogen and oxygen atoms in total. The molecule has 4 rings (SSSR count). The van der Waals surface area contributed by atoms with Crippen molar-refractivity contribution in [2.45, 2.75) is 72.3 Å². The number of carbonyl (C=O) groups is 1. The molecule has 1 heterocycles. The van der Waals surface area contributed by atoms with Gasteiger partial charge in [-0.2, -0.15) is 0 Å². The van der Waals surface area contributed by atoms with Crippen LogP contribution in [0.1, 0.15) is 84.9 Å². The minimum Gasteiger partial charge on any atom is -0.385 e. The molecule has 1 unspecified atom stereocenters. The Labute approximate surface area is 244 Å². The summed E-state index contributed by atoms with van der Waals surface area (Å²) in [4.78, 5) is 34.8. The van der Waals surface area contributed by atoms with Crippen LogP contribution in [0, 0.1) is 13.8 Å². The molecule has 1 atom stereocenters. The average molecular weight is 554 g/mol. The summed E-state index contributed by atoms with van der Waals surface area (Å²) in [6, 6.07) is 20.9. The molecular formula is C35H43N3O3. The number of aromatic nitrogens is 2. The van der Waals surface area contributed by atoms with Crippen molar-refractivity contribution in [3.63, 3.8) is 0 Å². The highest BCUT2D eigenvalue weighted by Gasteiger charge is 2.27. The van der Waals surface area contributed by atoms with Crippen LogP contribution in [0.3, 0.4) is 0 Å². The Morgan fingerprint density at radius 1 is 0.951 bits per heavy atom. The van der Waals surface area contributed by atoms with Gasteiger partial charge < -0.3 is 9.64 Å². The maximum Gasteiger partial charge on any atom is 0.266 e. The van der Waals surface area contributed by atoms with E-state index < -0.39 is 6.04 Å². The van der Waals surface area contributed by atoms with Gasteiger partial charge in [-0.25, -0.2) is 4.98 Å². The number of hydrogen-bond acceptors (Lipinski definition) is 4. The van der Waals surface area contributed by atoms with Gasteiger partial charge in [-0.3, -0.25) is 14.2 Å². The van der Waals surface area contributed by atoms with E-state index in [1.807, 2.05) is 73.3 Å². The van der Waals surface area contributed by atoms with Gasteiger partial charge in [-0.15, -0.1) is 0 Å². The van der Waals surface area contributed by atoms with Crippen LogP contribution in [-0.2, 0) is 11.2 Å². The third kappa shape index (κ3) is 7.12. The van der Waals surface area contributed by atoms with E-state index in [0.29, 0.717) is 41.9 Å². The molecule has 0 saturated carbocycles. The summed E-state index contributed by atoms with van der Waals surface area (Å²) in [6.07, 6.45) is 6.54. The number of fused-ring (bicyclic) bond motifs is 1. The first-order chi connectivity index (χ1) is 19.8. The summed E-state index contributed by atoms with van der Waals surface area (Å²) in [6.45, 7) is 9.27. The Kier molecular flexibility index (Phi) is 10.5. The molecule has 4 aromatic rings. The first-order valence-corrected chi connectivity index (χ1v) is 14.8. The van der Waals surface area contributed by atoms with E-state index in [-0.39, 0.29) is 11.5 Å². The third-order valence-corrected chi connectivity index (χ3v) is 7.92. The topological polar surface area (TPSA) is 64.4 Å². The molecular weight excluding hydrogens is 510 g/mol. The minimum atomic E-state index is -0.466. The third-order valence-electron chi connectivity index (χ3n) is 7.92. The van der Waals surface area contributed by atoms with Crippen LogP contribution in [0.4, 0.5) is 0 Å². The van der Waals surface area contributed by atoms with Crippen LogP contribution in [0.15, 0.2) is 71.5 Å². The summed E-state index contributed by atoms with van der Waals surface area (Å²) in [5, 5.41) is 0.550. The lowest BCUT2D eigenvalue weighted by Crippen LogP contribution is -2.38. The van der Waals surface area contributed by atoms with Crippen molar-refractivity contribution in [2.24, 2.45) is 0 Å². The second kappa shape index (κ2) is 14.2. The fraction of sp³-hybridized carbons (Fsp3) is 0.400. The standard InChI is InChI=1S/C35H43N3O3/c1-6-7-8-9-13-28-17-19-29(20-18-28)34(39)37(22-12-23-41-5)27(4)33-36-32-15-11-10-14-31(32)35(40)38(33)30-21-16-25(2)26(3)24-30/h10-11,14-21,24,27H,6-9,12-13,22-23H2,1-5H3. The molecule has 0 aliphatic heterocycles. The van der Waals surface area contributed by atoms with Crippen LogP contribution in [0.2, 0.25) is 0 Å². The molecule has 3 aromatic carbocycles. The number of carbonyl (C=O) groups excluding carboxylic acids is 1. The van der Waals surface area contributed by atoms with Gasteiger partial charge in [-0.05, 0) is 93.1 Å². The summed E-state index contributed by atoms with van der Waals surface area (Å²) >= 11 is 0. The van der Waals surface area contributed by atoms with Gasteiger partial charge in [0.2, 0.25) is 0 Å². The summed E-state index contributed by atoms with van der Waals surface area (Å²) in [5.74, 6) is 0.454. The zero-order chi connectivity index (χ0) is 29.4. The second-order valence-corrected chi connectivity index (χ2v) is 10.9. The molecule has 0 fully saturated rings. The van der Waals surface area contributed by atoms with Crippen molar-refractivity contribution in [3.05, 3.63) is 105 Å². The first kappa shape index (κ1) is 30.2. The van der Waals surface area contributed by atoms with Gasteiger partial charge in [0.1, 0.15) is 5.82 Å². The SMILES string of the molecule is CCCCCCc1ccc(C(=O)N(CCCOC)C(C)c2nc3ccccc3c(=O)n2-c2ccc(C)c(C)c2)cc1. The quantitative estimate of drug-likeness (QED) is 0.162. The molecule has 0 spiro atoms. The van der Waals surface area contributed by atoms with Gasteiger partial charge in [-0.1, -0.05) is 56.5 Å². The zero-order valence-electron chi connectivity index (χ0n) is 25.2. The lowest BCUT2D eigenvalue weighted by molar-refractivity contribution is 0.0657. The highest BCUT2D eigenvalue weighted by molar-refractivity contribution is 5.94. The molecule has 1 aromatic heterocycles. The minimum absolute atomic E-state index is 0.0832. The number of benzene rings is 3. The lowest BCUT2D eigenvalue weighted by atomic mass is 10.0. The molecule has 41 heavy (non-hydrogen) atoms. The number of methoxy groups -OCH3 is 1. The monoisotopic (exact) mass is 553 g/mol. The first-order valence-electron chi connectivity index (χ1n) is 14.8.